The molecule has 2 heterocycles. The average molecular weight is 346 g/mol. The SMILES string of the molecule is COCCn1c(C)c(C)c2ccnc(OCc3cccc(F)c3F)c21. The Bertz CT molecular complexity index is 906. The van der Waals surface area contributed by atoms with Crippen LogP contribution in [0.1, 0.15) is 16.8 Å². The molecule has 0 saturated heterocycles. The number of aromatic nitrogens is 2. The van der Waals surface area contributed by atoms with Gasteiger partial charge >= 0.3 is 0 Å². The predicted octanol–water partition coefficient (Wildman–Crippen LogP) is 4.16. The van der Waals surface area contributed by atoms with Crippen molar-refractivity contribution >= 4 is 10.9 Å². The van der Waals surface area contributed by atoms with Crippen LogP contribution in [0.25, 0.3) is 10.9 Å². The third kappa shape index (κ3) is 3.22. The molecular weight excluding hydrogens is 326 g/mol. The van der Waals surface area contributed by atoms with Crippen LogP contribution in [0.3, 0.4) is 0 Å². The Hall–Kier alpha value is -2.47. The predicted molar refractivity (Wildman–Crippen MR) is 91.8 cm³/mol. The molecule has 0 fully saturated rings. The van der Waals surface area contributed by atoms with Crippen LogP contribution in [-0.4, -0.2) is 23.3 Å². The Morgan fingerprint density at radius 3 is 2.72 bits per heavy atom. The van der Waals surface area contributed by atoms with Gasteiger partial charge in [-0.1, -0.05) is 12.1 Å². The minimum atomic E-state index is -0.892. The number of methoxy groups -OCH3 is 1. The van der Waals surface area contributed by atoms with Crippen LogP contribution in [0.5, 0.6) is 5.88 Å². The van der Waals surface area contributed by atoms with E-state index in [1.165, 1.54) is 12.1 Å². The maximum atomic E-state index is 13.8. The van der Waals surface area contributed by atoms with Gasteiger partial charge in [0.15, 0.2) is 11.6 Å². The Morgan fingerprint density at radius 2 is 1.96 bits per heavy atom. The molecule has 6 heteroatoms. The van der Waals surface area contributed by atoms with Crippen LogP contribution in [0.4, 0.5) is 8.78 Å². The average Bonchev–Trinajstić information content (AvgIpc) is 2.86. The van der Waals surface area contributed by atoms with Crippen molar-refractivity contribution in [2.24, 2.45) is 0 Å². The first-order valence-corrected chi connectivity index (χ1v) is 8.03. The standard InChI is InChI=1S/C19H20F2N2O2/c1-12-13(2)23(9-10-24-3)18-15(12)7-8-22-19(18)25-11-14-5-4-6-16(20)17(14)21/h4-8H,9-11H2,1-3H3. The van der Waals surface area contributed by atoms with Gasteiger partial charge in [-0.25, -0.2) is 13.8 Å². The summed E-state index contributed by atoms with van der Waals surface area (Å²) in [5, 5.41) is 1.03. The summed E-state index contributed by atoms with van der Waals surface area (Å²) in [5.41, 5.74) is 3.23. The van der Waals surface area contributed by atoms with Gasteiger partial charge < -0.3 is 14.0 Å². The normalized spacial score (nSPS) is 11.2. The van der Waals surface area contributed by atoms with E-state index in [9.17, 15) is 8.78 Å². The van der Waals surface area contributed by atoms with Crippen molar-refractivity contribution in [2.75, 3.05) is 13.7 Å². The molecule has 2 aromatic heterocycles. The summed E-state index contributed by atoms with van der Waals surface area (Å²) in [5.74, 6) is -1.38. The molecule has 25 heavy (non-hydrogen) atoms. The quantitative estimate of drug-likeness (QED) is 0.672. The first kappa shape index (κ1) is 17.4. The molecular formula is C19H20F2N2O2. The monoisotopic (exact) mass is 346 g/mol. The van der Waals surface area contributed by atoms with E-state index in [0.29, 0.717) is 19.0 Å². The molecule has 0 atom stereocenters. The number of hydrogen-bond acceptors (Lipinski definition) is 3. The number of aryl methyl sites for hydroxylation is 1. The van der Waals surface area contributed by atoms with E-state index in [0.717, 1.165) is 28.2 Å². The second-order valence-electron chi connectivity index (χ2n) is 5.87. The van der Waals surface area contributed by atoms with Gasteiger partial charge in [-0.15, -0.1) is 0 Å². The number of nitrogens with zero attached hydrogens (tertiary/aromatic N) is 2. The van der Waals surface area contributed by atoms with Gasteiger partial charge in [-0.2, -0.15) is 0 Å². The van der Waals surface area contributed by atoms with Crippen LogP contribution in [0, 0.1) is 25.5 Å². The fourth-order valence-corrected chi connectivity index (χ4v) is 2.94. The molecule has 3 aromatic rings. The van der Waals surface area contributed by atoms with Crippen LogP contribution in [0.15, 0.2) is 30.5 Å². The lowest BCUT2D eigenvalue weighted by Gasteiger charge is -2.12. The summed E-state index contributed by atoms with van der Waals surface area (Å²) < 4.78 is 40.2. The van der Waals surface area contributed by atoms with Crippen molar-refractivity contribution in [1.29, 1.82) is 0 Å². The molecule has 0 radical (unpaired) electrons. The first-order valence-electron chi connectivity index (χ1n) is 8.03. The number of rotatable bonds is 6. The molecule has 132 valence electrons. The highest BCUT2D eigenvalue weighted by Gasteiger charge is 2.17. The Kier molecular flexibility index (Phi) is 4.99. The zero-order valence-electron chi connectivity index (χ0n) is 14.5. The Morgan fingerprint density at radius 1 is 1.16 bits per heavy atom. The number of halogens is 2. The molecule has 0 aliphatic carbocycles. The maximum absolute atomic E-state index is 13.8. The molecule has 0 amide bonds. The zero-order valence-corrected chi connectivity index (χ0v) is 14.5. The minimum Gasteiger partial charge on any atom is -0.471 e. The molecule has 0 aliphatic heterocycles. The molecule has 0 N–H and O–H groups in total. The van der Waals surface area contributed by atoms with Gasteiger partial charge in [0.2, 0.25) is 5.88 Å². The van der Waals surface area contributed by atoms with Crippen molar-refractivity contribution in [3.63, 3.8) is 0 Å². The third-order valence-corrected chi connectivity index (χ3v) is 4.43. The number of benzene rings is 1. The van der Waals surface area contributed by atoms with Crippen LogP contribution < -0.4 is 4.74 Å². The molecule has 1 aromatic carbocycles. The number of hydrogen-bond donors (Lipinski definition) is 0. The first-order chi connectivity index (χ1) is 12.0. The summed E-state index contributed by atoms with van der Waals surface area (Å²) in [4.78, 5) is 4.30. The number of fused-ring (bicyclic) bond motifs is 1. The molecule has 0 saturated carbocycles. The molecule has 0 unspecified atom stereocenters. The lowest BCUT2D eigenvalue weighted by atomic mass is 10.2. The Balaban J connectivity index is 1.98. The van der Waals surface area contributed by atoms with E-state index in [4.69, 9.17) is 9.47 Å². The summed E-state index contributed by atoms with van der Waals surface area (Å²) in [6.07, 6.45) is 1.66. The number of ether oxygens (including phenoxy) is 2. The second kappa shape index (κ2) is 7.19. The largest absolute Gasteiger partial charge is 0.471 e. The van der Waals surface area contributed by atoms with Gasteiger partial charge in [-0.05, 0) is 31.5 Å². The van der Waals surface area contributed by atoms with Gasteiger partial charge in [0.25, 0.3) is 0 Å². The van der Waals surface area contributed by atoms with Crippen LogP contribution >= 0.6 is 0 Å². The smallest absolute Gasteiger partial charge is 0.238 e. The van der Waals surface area contributed by atoms with Crippen molar-refractivity contribution in [1.82, 2.24) is 9.55 Å². The zero-order chi connectivity index (χ0) is 18.0. The van der Waals surface area contributed by atoms with E-state index < -0.39 is 11.6 Å². The third-order valence-electron chi connectivity index (χ3n) is 4.43. The molecule has 0 spiro atoms. The summed E-state index contributed by atoms with van der Waals surface area (Å²) >= 11 is 0. The molecule has 0 bridgehead atoms. The van der Waals surface area contributed by atoms with Crippen molar-refractivity contribution < 1.29 is 18.3 Å². The van der Waals surface area contributed by atoms with Crippen LogP contribution in [0.2, 0.25) is 0 Å². The summed E-state index contributed by atoms with van der Waals surface area (Å²) in [6, 6.07) is 5.97. The van der Waals surface area contributed by atoms with E-state index >= 15 is 0 Å². The van der Waals surface area contributed by atoms with Crippen LogP contribution in [-0.2, 0) is 17.9 Å². The van der Waals surface area contributed by atoms with Gasteiger partial charge in [-0.3, -0.25) is 0 Å². The van der Waals surface area contributed by atoms with E-state index in [1.54, 1.807) is 13.3 Å². The highest BCUT2D eigenvalue weighted by atomic mass is 19.2. The van der Waals surface area contributed by atoms with Crippen molar-refractivity contribution in [2.45, 2.75) is 27.0 Å². The van der Waals surface area contributed by atoms with Gasteiger partial charge in [0.1, 0.15) is 12.1 Å². The Labute approximate surface area is 145 Å². The fraction of sp³-hybridized carbons (Fsp3) is 0.316. The highest BCUT2D eigenvalue weighted by Crippen LogP contribution is 2.31. The lowest BCUT2D eigenvalue weighted by Crippen LogP contribution is -2.08. The lowest BCUT2D eigenvalue weighted by molar-refractivity contribution is 0.187. The second-order valence-corrected chi connectivity index (χ2v) is 5.87. The van der Waals surface area contributed by atoms with Gasteiger partial charge in [0, 0.05) is 36.5 Å². The summed E-state index contributed by atoms with van der Waals surface area (Å²) in [7, 11) is 1.65. The van der Waals surface area contributed by atoms with E-state index in [1.807, 2.05) is 19.9 Å². The fourth-order valence-electron chi connectivity index (χ4n) is 2.94. The van der Waals surface area contributed by atoms with Crippen molar-refractivity contribution in [3.8, 4) is 5.88 Å². The van der Waals surface area contributed by atoms with Crippen molar-refractivity contribution in [3.05, 3.63) is 58.9 Å². The number of pyridine rings is 1. The molecule has 0 aliphatic rings. The van der Waals surface area contributed by atoms with E-state index in [2.05, 4.69) is 9.55 Å². The van der Waals surface area contributed by atoms with E-state index in [-0.39, 0.29) is 12.2 Å². The maximum Gasteiger partial charge on any atom is 0.238 e. The highest BCUT2D eigenvalue weighted by molar-refractivity contribution is 5.88. The van der Waals surface area contributed by atoms with Gasteiger partial charge in [0.05, 0.1) is 6.61 Å². The minimum absolute atomic E-state index is 0.0940. The topological polar surface area (TPSA) is 36.3 Å². The summed E-state index contributed by atoms with van der Waals surface area (Å²) in [6.45, 7) is 5.18. The molecule has 4 nitrogen and oxygen atoms in total. The molecule has 3 rings (SSSR count).